The molecule has 0 radical (unpaired) electrons. The van der Waals surface area contributed by atoms with E-state index < -0.39 is 29.6 Å². The Morgan fingerprint density at radius 1 is 0.979 bits per heavy atom. The first kappa shape index (κ1) is 33.9. The maximum absolute atomic E-state index is 13.5. The third-order valence-corrected chi connectivity index (χ3v) is 9.84. The van der Waals surface area contributed by atoms with E-state index in [1.54, 1.807) is 6.26 Å². The number of carbonyl (C=O) groups excluding carboxylic acids is 2. The van der Waals surface area contributed by atoms with Crippen molar-refractivity contribution in [2.45, 2.75) is 77.3 Å². The molecule has 6 rings (SSSR count). The Bertz CT molecular complexity index is 1700. The van der Waals surface area contributed by atoms with E-state index in [1.807, 2.05) is 86.4 Å². The molecule has 2 aliphatic rings. The van der Waals surface area contributed by atoms with Crippen molar-refractivity contribution >= 4 is 22.8 Å². The Labute approximate surface area is 282 Å². The van der Waals surface area contributed by atoms with Crippen LogP contribution in [0.25, 0.3) is 11.0 Å². The van der Waals surface area contributed by atoms with Crippen LogP contribution in [0.2, 0.25) is 0 Å². The van der Waals surface area contributed by atoms with Gasteiger partial charge in [-0.2, -0.15) is 0 Å². The Balaban J connectivity index is 1.22. The molecular weight excluding hydrogens is 604 g/mol. The molecule has 0 saturated carbocycles. The molecule has 4 aromatic rings. The summed E-state index contributed by atoms with van der Waals surface area (Å²) in [5, 5.41) is 28.1. The van der Waals surface area contributed by atoms with Gasteiger partial charge in [0.15, 0.2) is 0 Å². The van der Waals surface area contributed by atoms with Crippen LogP contribution in [-0.2, 0) is 29.0 Å². The largest absolute Gasteiger partial charge is 0.464 e. The van der Waals surface area contributed by atoms with E-state index in [0.29, 0.717) is 38.9 Å². The fraction of sp³-hybridized carbons (Fsp3) is 0.436. The van der Waals surface area contributed by atoms with Gasteiger partial charge in [0.25, 0.3) is 0 Å². The maximum atomic E-state index is 13.5. The van der Waals surface area contributed by atoms with E-state index in [1.165, 1.54) is 5.56 Å². The first-order valence-electron chi connectivity index (χ1n) is 17.1. The van der Waals surface area contributed by atoms with Gasteiger partial charge >= 0.3 is 0 Å². The molecule has 9 nitrogen and oxygen atoms in total. The van der Waals surface area contributed by atoms with Gasteiger partial charge in [0.2, 0.25) is 11.8 Å². The molecule has 2 unspecified atom stereocenters. The average Bonchev–Trinajstić information content (AvgIpc) is 3.67. The lowest BCUT2D eigenvalue weighted by Crippen LogP contribution is -2.59. The average molecular weight is 653 g/mol. The van der Waals surface area contributed by atoms with Crippen molar-refractivity contribution < 1.29 is 24.2 Å². The van der Waals surface area contributed by atoms with Gasteiger partial charge in [-0.15, -0.1) is 0 Å². The van der Waals surface area contributed by atoms with Crippen LogP contribution < -0.4 is 10.7 Å². The van der Waals surface area contributed by atoms with Crippen LogP contribution >= 0.6 is 0 Å². The van der Waals surface area contributed by atoms with Crippen molar-refractivity contribution in [2.24, 2.45) is 11.3 Å². The van der Waals surface area contributed by atoms with Gasteiger partial charge in [0.1, 0.15) is 11.7 Å². The quantitative estimate of drug-likeness (QED) is 0.184. The molecule has 1 fully saturated rings. The second kappa shape index (κ2) is 14.6. The van der Waals surface area contributed by atoms with Gasteiger partial charge in [-0.1, -0.05) is 87.5 Å². The number of carbonyl (C=O) groups is 2. The van der Waals surface area contributed by atoms with Crippen molar-refractivity contribution in [3.63, 3.8) is 0 Å². The molecule has 1 aromatic heterocycles. The SMILES string of the molecule is CC(C)(C)C(=O)NN1CCN(Cc2cccc3occc23)[C@@H](CC(Cc2ccccc2)CC(O)C(=O)N[C@H]2c3ccccc3C[C@@H]2O)C1. The minimum absolute atomic E-state index is 0.0264. The zero-order valence-corrected chi connectivity index (χ0v) is 28.1. The smallest absolute Gasteiger partial charge is 0.249 e. The molecule has 3 aromatic carbocycles. The van der Waals surface area contributed by atoms with E-state index in [4.69, 9.17) is 4.42 Å². The monoisotopic (exact) mass is 652 g/mol. The number of hydrazine groups is 1. The molecule has 1 aliphatic heterocycles. The first-order valence-corrected chi connectivity index (χ1v) is 17.1. The highest BCUT2D eigenvalue weighted by molar-refractivity contribution is 5.82. The number of amides is 2. The summed E-state index contributed by atoms with van der Waals surface area (Å²) in [5.74, 6) is -0.536. The van der Waals surface area contributed by atoms with Gasteiger partial charge in [0.05, 0.1) is 18.4 Å². The number of aliphatic hydroxyl groups excluding tert-OH is 2. The van der Waals surface area contributed by atoms with Gasteiger partial charge in [-0.05, 0) is 59.6 Å². The van der Waals surface area contributed by atoms with Gasteiger partial charge in [-0.25, -0.2) is 5.01 Å². The van der Waals surface area contributed by atoms with Gasteiger partial charge in [-0.3, -0.25) is 19.9 Å². The van der Waals surface area contributed by atoms with Crippen molar-refractivity contribution in [1.29, 1.82) is 0 Å². The van der Waals surface area contributed by atoms with Crippen LogP contribution in [0, 0.1) is 11.3 Å². The van der Waals surface area contributed by atoms with E-state index in [0.717, 1.165) is 34.2 Å². The van der Waals surface area contributed by atoms with Crippen LogP contribution in [0.15, 0.2) is 89.5 Å². The molecule has 254 valence electrons. The third kappa shape index (κ3) is 7.98. The molecule has 2 amide bonds. The van der Waals surface area contributed by atoms with Crippen molar-refractivity contribution in [2.75, 3.05) is 19.6 Å². The molecule has 0 bridgehead atoms. The third-order valence-electron chi connectivity index (χ3n) is 9.84. The van der Waals surface area contributed by atoms with E-state index in [9.17, 15) is 19.8 Å². The Kier molecular flexibility index (Phi) is 10.3. The predicted molar refractivity (Wildman–Crippen MR) is 185 cm³/mol. The summed E-state index contributed by atoms with van der Waals surface area (Å²) in [7, 11) is 0. The number of nitrogens with zero attached hydrogens (tertiary/aromatic N) is 2. The fourth-order valence-electron chi connectivity index (χ4n) is 7.17. The number of aliphatic hydroxyl groups is 2. The highest BCUT2D eigenvalue weighted by Crippen LogP contribution is 2.32. The minimum Gasteiger partial charge on any atom is -0.464 e. The second-order valence-electron chi connectivity index (χ2n) is 14.5. The number of hydrogen-bond acceptors (Lipinski definition) is 7. The molecule has 2 heterocycles. The van der Waals surface area contributed by atoms with Crippen LogP contribution in [0.4, 0.5) is 0 Å². The molecule has 5 atom stereocenters. The number of piperazine rings is 1. The Morgan fingerprint density at radius 3 is 2.54 bits per heavy atom. The first-order chi connectivity index (χ1) is 23.0. The van der Waals surface area contributed by atoms with Crippen molar-refractivity contribution in [3.05, 3.63) is 107 Å². The van der Waals surface area contributed by atoms with Crippen LogP contribution in [0.3, 0.4) is 0 Å². The summed E-state index contributed by atoms with van der Waals surface area (Å²) in [6.07, 6.45) is 1.88. The predicted octanol–water partition coefficient (Wildman–Crippen LogP) is 4.77. The fourth-order valence-corrected chi connectivity index (χ4v) is 7.17. The molecule has 9 heteroatoms. The highest BCUT2D eigenvalue weighted by Gasteiger charge is 2.36. The number of fused-ring (bicyclic) bond motifs is 2. The highest BCUT2D eigenvalue weighted by atomic mass is 16.3. The summed E-state index contributed by atoms with van der Waals surface area (Å²) in [4.78, 5) is 28.9. The summed E-state index contributed by atoms with van der Waals surface area (Å²) >= 11 is 0. The summed E-state index contributed by atoms with van der Waals surface area (Å²) < 4.78 is 5.68. The topological polar surface area (TPSA) is 118 Å². The van der Waals surface area contributed by atoms with Crippen LogP contribution in [0.1, 0.15) is 61.9 Å². The van der Waals surface area contributed by atoms with E-state index in [-0.39, 0.29) is 24.3 Å². The van der Waals surface area contributed by atoms with Gasteiger partial charge < -0.3 is 19.9 Å². The molecule has 4 N–H and O–H groups in total. The zero-order chi connectivity index (χ0) is 33.8. The molecule has 1 aliphatic carbocycles. The second-order valence-corrected chi connectivity index (χ2v) is 14.5. The van der Waals surface area contributed by atoms with Crippen molar-refractivity contribution in [3.8, 4) is 0 Å². The molecular formula is C39H48N4O5. The number of hydrogen-bond donors (Lipinski definition) is 4. The van der Waals surface area contributed by atoms with Gasteiger partial charge in [0, 0.05) is 49.4 Å². The molecule has 48 heavy (non-hydrogen) atoms. The number of furan rings is 1. The minimum atomic E-state index is -1.24. The molecule has 0 spiro atoms. The van der Waals surface area contributed by atoms with E-state index >= 15 is 0 Å². The normalized spacial score (nSPS) is 21.5. The summed E-state index contributed by atoms with van der Waals surface area (Å²) in [6.45, 7) is 8.47. The van der Waals surface area contributed by atoms with Crippen LogP contribution in [-0.4, -0.2) is 69.8 Å². The standard InChI is InChI=1S/C39H48N4O5/c1-39(2,3)38(47)41-43-18-17-42(24-29-13-9-15-35-31(29)16-19-48-35)30(25-43)21-27(20-26-10-5-4-6-11-26)22-34(45)37(46)40-36-32-14-8-7-12-28(32)23-33(36)44/h4-16,19,27,30,33-34,36,44-45H,17-18,20-25H2,1-3H3,(H,40,46)(H,41,47)/t27?,30-,33-,34?,36-/m0/s1. The lowest BCUT2D eigenvalue weighted by molar-refractivity contribution is -0.135. The number of benzene rings is 3. The summed E-state index contributed by atoms with van der Waals surface area (Å²) in [6, 6.07) is 25.5. The van der Waals surface area contributed by atoms with Crippen LogP contribution in [0.5, 0.6) is 0 Å². The number of nitrogens with one attached hydrogen (secondary N) is 2. The zero-order valence-electron chi connectivity index (χ0n) is 28.1. The van der Waals surface area contributed by atoms with E-state index in [2.05, 4.69) is 33.8 Å². The Hall–Kier alpha value is -4.02. The number of rotatable bonds is 11. The maximum Gasteiger partial charge on any atom is 0.249 e. The lowest BCUT2D eigenvalue weighted by atomic mass is 9.86. The molecule has 1 saturated heterocycles. The lowest BCUT2D eigenvalue weighted by Gasteiger charge is -2.43. The van der Waals surface area contributed by atoms with Crippen molar-refractivity contribution in [1.82, 2.24) is 20.7 Å². The summed E-state index contributed by atoms with van der Waals surface area (Å²) in [5.41, 5.74) is 7.70. The Morgan fingerprint density at radius 2 is 1.75 bits per heavy atom.